The lowest BCUT2D eigenvalue weighted by atomic mass is 9.97. The zero-order valence-corrected chi connectivity index (χ0v) is 12.1. The van der Waals surface area contributed by atoms with Crippen molar-refractivity contribution < 1.29 is 19.4 Å². The van der Waals surface area contributed by atoms with Crippen molar-refractivity contribution in [2.24, 2.45) is 5.92 Å². The maximum atomic E-state index is 11.7. The average molecular weight is 269 g/mol. The summed E-state index contributed by atoms with van der Waals surface area (Å²) in [5.41, 5.74) is 0.0478. The van der Waals surface area contributed by atoms with Crippen LogP contribution in [0.4, 0.5) is 4.79 Å². The zero-order valence-electron chi connectivity index (χ0n) is 12.1. The summed E-state index contributed by atoms with van der Waals surface area (Å²) in [7, 11) is 0. The minimum absolute atomic E-state index is 0.0406. The van der Waals surface area contributed by atoms with Gasteiger partial charge < -0.3 is 9.84 Å². The van der Waals surface area contributed by atoms with E-state index in [4.69, 9.17) is 4.74 Å². The van der Waals surface area contributed by atoms with E-state index in [9.17, 15) is 14.7 Å². The van der Waals surface area contributed by atoms with Crippen LogP contribution in [0.25, 0.3) is 0 Å². The highest BCUT2D eigenvalue weighted by Crippen LogP contribution is 2.32. The number of amides is 1. The Hall–Kier alpha value is -1.52. The van der Waals surface area contributed by atoms with E-state index in [-0.39, 0.29) is 11.6 Å². The Kier molecular flexibility index (Phi) is 4.97. The van der Waals surface area contributed by atoms with Crippen molar-refractivity contribution in [1.29, 1.82) is 0 Å². The number of hydrogen-bond donors (Lipinski definition) is 2. The fraction of sp³-hybridized carbons (Fsp3) is 0.714. The fourth-order valence-corrected chi connectivity index (χ4v) is 2.29. The summed E-state index contributed by atoms with van der Waals surface area (Å²) in [4.78, 5) is 22.9. The molecule has 0 atom stereocenters. The second-order valence-corrected chi connectivity index (χ2v) is 5.97. The Morgan fingerprint density at radius 1 is 1.21 bits per heavy atom. The van der Waals surface area contributed by atoms with Crippen LogP contribution in [-0.2, 0) is 9.53 Å². The lowest BCUT2D eigenvalue weighted by molar-refractivity contribution is -0.133. The Balaban J connectivity index is 2.80. The number of carboxylic acids is 1. The average Bonchev–Trinajstić information content (AvgIpc) is 2.75. The molecule has 19 heavy (non-hydrogen) atoms. The first kappa shape index (κ1) is 15.5. The molecule has 0 aliphatic heterocycles. The van der Waals surface area contributed by atoms with Crippen LogP contribution in [-0.4, -0.2) is 22.8 Å². The molecule has 1 saturated carbocycles. The van der Waals surface area contributed by atoms with Gasteiger partial charge in [0, 0.05) is 0 Å². The van der Waals surface area contributed by atoms with E-state index < -0.39 is 17.7 Å². The fourth-order valence-electron chi connectivity index (χ4n) is 2.29. The molecule has 5 heteroatoms. The third-order valence-corrected chi connectivity index (χ3v) is 3.20. The van der Waals surface area contributed by atoms with Gasteiger partial charge in [-0.15, -0.1) is 0 Å². The largest absolute Gasteiger partial charge is 0.477 e. The van der Waals surface area contributed by atoms with Crippen LogP contribution in [0, 0.1) is 5.92 Å². The van der Waals surface area contributed by atoms with Gasteiger partial charge in [-0.25, -0.2) is 9.59 Å². The topological polar surface area (TPSA) is 75.6 Å². The molecular weight excluding hydrogens is 246 g/mol. The van der Waals surface area contributed by atoms with Crippen LogP contribution in [0.15, 0.2) is 11.3 Å². The molecule has 1 fully saturated rings. The second-order valence-electron chi connectivity index (χ2n) is 5.97. The van der Waals surface area contributed by atoms with Crippen molar-refractivity contribution in [1.82, 2.24) is 5.32 Å². The van der Waals surface area contributed by atoms with Crippen molar-refractivity contribution in [3.05, 3.63) is 11.3 Å². The van der Waals surface area contributed by atoms with Crippen molar-refractivity contribution in [2.75, 3.05) is 0 Å². The summed E-state index contributed by atoms with van der Waals surface area (Å²) < 4.78 is 5.08. The highest BCUT2D eigenvalue weighted by Gasteiger charge is 2.25. The molecule has 0 unspecified atom stereocenters. The van der Waals surface area contributed by atoms with Crippen molar-refractivity contribution in [3.63, 3.8) is 0 Å². The molecule has 0 heterocycles. The van der Waals surface area contributed by atoms with E-state index >= 15 is 0 Å². The van der Waals surface area contributed by atoms with Crippen LogP contribution in [0.1, 0.15) is 53.4 Å². The summed E-state index contributed by atoms with van der Waals surface area (Å²) >= 11 is 0. The molecule has 0 spiro atoms. The first-order valence-corrected chi connectivity index (χ1v) is 6.65. The molecule has 0 radical (unpaired) electrons. The van der Waals surface area contributed by atoms with Crippen LogP contribution in [0.5, 0.6) is 0 Å². The van der Waals surface area contributed by atoms with Crippen molar-refractivity contribution in [3.8, 4) is 0 Å². The van der Waals surface area contributed by atoms with Gasteiger partial charge in [0.05, 0.1) is 0 Å². The first-order chi connectivity index (χ1) is 8.70. The third kappa shape index (κ3) is 4.93. The normalized spacial score (nSPS) is 17.9. The molecular formula is C14H23NO4. The van der Waals surface area contributed by atoms with Crippen LogP contribution in [0.2, 0.25) is 0 Å². The van der Waals surface area contributed by atoms with E-state index in [1.54, 1.807) is 27.7 Å². The Bertz CT molecular complexity index is 387. The highest BCUT2D eigenvalue weighted by atomic mass is 16.6. The maximum absolute atomic E-state index is 11.7. The molecule has 0 bridgehead atoms. The van der Waals surface area contributed by atoms with E-state index in [1.165, 1.54) is 0 Å². The molecule has 2 N–H and O–H groups in total. The van der Waals surface area contributed by atoms with Crippen molar-refractivity contribution >= 4 is 12.1 Å². The number of aliphatic carboxylic acids is 1. The molecule has 0 saturated heterocycles. The number of carbonyl (C=O) groups is 2. The van der Waals surface area contributed by atoms with E-state index in [2.05, 4.69) is 5.32 Å². The zero-order chi connectivity index (χ0) is 14.6. The molecule has 1 amide bonds. The minimum Gasteiger partial charge on any atom is -0.477 e. The molecule has 108 valence electrons. The van der Waals surface area contributed by atoms with Crippen LogP contribution < -0.4 is 5.32 Å². The minimum atomic E-state index is -1.12. The standard InChI is InChI=1S/C14H23NO4/c1-9(10-7-5-6-8-10)11(12(16)17)15-13(18)19-14(2,3)4/h10H,5-8H2,1-4H3,(H,15,18)(H,16,17). The number of allylic oxidation sites excluding steroid dienone is 1. The van der Waals surface area contributed by atoms with Crippen LogP contribution in [0.3, 0.4) is 0 Å². The number of rotatable bonds is 3. The van der Waals surface area contributed by atoms with Gasteiger partial charge >= 0.3 is 12.1 Å². The Morgan fingerprint density at radius 2 is 1.74 bits per heavy atom. The summed E-state index contributed by atoms with van der Waals surface area (Å²) in [6, 6.07) is 0. The molecule has 1 rings (SSSR count). The lowest BCUT2D eigenvalue weighted by Crippen LogP contribution is -2.35. The Morgan fingerprint density at radius 3 is 2.16 bits per heavy atom. The second kappa shape index (κ2) is 6.08. The number of nitrogens with one attached hydrogen (secondary N) is 1. The third-order valence-electron chi connectivity index (χ3n) is 3.20. The maximum Gasteiger partial charge on any atom is 0.412 e. The summed E-state index contributed by atoms with van der Waals surface area (Å²) in [5, 5.41) is 11.6. The summed E-state index contributed by atoms with van der Waals surface area (Å²) in [6.07, 6.45) is 3.47. The van der Waals surface area contributed by atoms with Crippen LogP contribution >= 0.6 is 0 Å². The molecule has 0 aromatic carbocycles. The van der Waals surface area contributed by atoms with Gasteiger partial charge in [0.1, 0.15) is 11.3 Å². The van der Waals surface area contributed by atoms with E-state index in [0.717, 1.165) is 31.3 Å². The Labute approximate surface area is 114 Å². The number of carboxylic acid groups (broad SMARTS) is 1. The van der Waals surface area contributed by atoms with Gasteiger partial charge in [-0.2, -0.15) is 0 Å². The van der Waals surface area contributed by atoms with Gasteiger partial charge in [0.15, 0.2) is 0 Å². The molecule has 5 nitrogen and oxygen atoms in total. The van der Waals surface area contributed by atoms with Crippen molar-refractivity contribution in [2.45, 2.75) is 59.0 Å². The molecule has 0 aromatic heterocycles. The lowest BCUT2D eigenvalue weighted by Gasteiger charge is -2.21. The number of alkyl carbamates (subject to hydrolysis) is 1. The molecule has 0 aromatic rings. The SMILES string of the molecule is CC(=C(NC(=O)OC(C)(C)C)C(=O)O)C1CCCC1. The monoisotopic (exact) mass is 269 g/mol. The van der Waals surface area contributed by atoms with Gasteiger partial charge in [0.2, 0.25) is 0 Å². The predicted molar refractivity (Wildman–Crippen MR) is 71.7 cm³/mol. The number of hydrogen-bond acceptors (Lipinski definition) is 3. The highest BCUT2D eigenvalue weighted by molar-refractivity contribution is 5.91. The van der Waals surface area contributed by atoms with Gasteiger partial charge in [0.25, 0.3) is 0 Å². The van der Waals surface area contributed by atoms with E-state index in [0.29, 0.717) is 0 Å². The summed E-state index contributed by atoms with van der Waals surface area (Å²) in [5.74, 6) is -0.865. The quantitative estimate of drug-likeness (QED) is 0.772. The van der Waals surface area contributed by atoms with Gasteiger partial charge in [-0.3, -0.25) is 5.32 Å². The number of ether oxygens (including phenoxy) is 1. The first-order valence-electron chi connectivity index (χ1n) is 6.65. The van der Waals surface area contributed by atoms with Gasteiger partial charge in [-0.1, -0.05) is 12.8 Å². The molecule has 1 aliphatic rings. The summed E-state index contributed by atoms with van der Waals surface area (Å²) in [6.45, 7) is 6.98. The molecule has 1 aliphatic carbocycles. The van der Waals surface area contributed by atoms with Gasteiger partial charge in [-0.05, 0) is 52.0 Å². The smallest absolute Gasteiger partial charge is 0.412 e. The van der Waals surface area contributed by atoms with E-state index in [1.807, 2.05) is 0 Å². The predicted octanol–water partition coefficient (Wildman–Crippen LogP) is 3.06. The number of carbonyl (C=O) groups excluding carboxylic acids is 1.